The van der Waals surface area contributed by atoms with Gasteiger partial charge in [-0.25, -0.2) is 9.97 Å². The Kier molecular flexibility index (Phi) is 5.96. The number of hydrogen-bond acceptors (Lipinski definition) is 5. The van der Waals surface area contributed by atoms with Gasteiger partial charge < -0.3 is 10.1 Å². The van der Waals surface area contributed by atoms with Crippen molar-refractivity contribution < 1.29 is 9.53 Å². The molecule has 1 amide bonds. The number of benzene rings is 1. The number of ether oxygens (including phenoxy) is 1. The van der Waals surface area contributed by atoms with E-state index < -0.39 is 6.10 Å². The van der Waals surface area contributed by atoms with Crippen molar-refractivity contribution in [1.29, 1.82) is 0 Å². The van der Waals surface area contributed by atoms with Gasteiger partial charge in [-0.1, -0.05) is 19.9 Å². The number of aromatic nitrogens is 3. The average molecular weight is 431 g/mol. The molecule has 6 nitrogen and oxygen atoms in total. The lowest BCUT2D eigenvalue weighted by molar-refractivity contribution is -0.128. The number of pyridine rings is 1. The van der Waals surface area contributed by atoms with E-state index >= 15 is 0 Å². The van der Waals surface area contributed by atoms with Crippen LogP contribution in [0.3, 0.4) is 0 Å². The zero-order valence-corrected chi connectivity index (χ0v) is 19.3. The Morgan fingerprint density at radius 1 is 1.16 bits per heavy atom. The maximum absolute atomic E-state index is 13.0. The van der Waals surface area contributed by atoms with Crippen molar-refractivity contribution in [2.24, 2.45) is 5.41 Å². The van der Waals surface area contributed by atoms with E-state index in [1.807, 2.05) is 43.5 Å². The van der Waals surface area contributed by atoms with E-state index in [0.717, 1.165) is 35.2 Å². The van der Waals surface area contributed by atoms with Gasteiger partial charge in [0.2, 0.25) is 0 Å². The maximum Gasteiger partial charge on any atom is 0.261 e. The van der Waals surface area contributed by atoms with Crippen molar-refractivity contribution >= 4 is 5.91 Å². The predicted molar refractivity (Wildman–Crippen MR) is 124 cm³/mol. The fourth-order valence-corrected chi connectivity index (χ4v) is 4.15. The number of aryl methyl sites for hydroxylation is 2. The quantitative estimate of drug-likeness (QED) is 0.632. The molecule has 1 aliphatic rings. The SMILES string of the molecule is Cc1ccc(O[C@@H](C)C(=O)N[C@H]2CC(C)(C)Cc3nc(-c4ccncc4)ncc32)cc1C. The van der Waals surface area contributed by atoms with Gasteiger partial charge in [-0.2, -0.15) is 0 Å². The van der Waals surface area contributed by atoms with Gasteiger partial charge in [0.15, 0.2) is 11.9 Å². The third kappa shape index (κ3) is 4.79. The van der Waals surface area contributed by atoms with Crippen molar-refractivity contribution in [3.05, 3.63) is 71.3 Å². The lowest BCUT2D eigenvalue weighted by Crippen LogP contribution is -2.42. The Balaban J connectivity index is 1.53. The van der Waals surface area contributed by atoms with Crippen LogP contribution >= 0.6 is 0 Å². The van der Waals surface area contributed by atoms with Crippen LogP contribution in [0.15, 0.2) is 48.9 Å². The molecule has 0 saturated heterocycles. The second kappa shape index (κ2) is 8.69. The second-order valence-electron chi connectivity index (χ2n) is 9.44. The Bertz CT molecular complexity index is 1130. The van der Waals surface area contributed by atoms with Crippen molar-refractivity contribution in [3.8, 4) is 17.1 Å². The molecule has 2 atom stereocenters. The van der Waals surface area contributed by atoms with Crippen molar-refractivity contribution in [1.82, 2.24) is 20.3 Å². The number of carbonyl (C=O) groups excluding carboxylic acids is 1. The summed E-state index contributed by atoms with van der Waals surface area (Å²) in [7, 11) is 0. The van der Waals surface area contributed by atoms with Crippen molar-refractivity contribution in [2.75, 3.05) is 0 Å². The van der Waals surface area contributed by atoms with E-state index in [-0.39, 0.29) is 17.4 Å². The molecule has 32 heavy (non-hydrogen) atoms. The zero-order chi connectivity index (χ0) is 22.9. The zero-order valence-electron chi connectivity index (χ0n) is 19.3. The molecule has 6 heteroatoms. The van der Waals surface area contributed by atoms with Gasteiger partial charge in [0.25, 0.3) is 5.91 Å². The van der Waals surface area contributed by atoms with E-state index in [1.54, 1.807) is 19.3 Å². The molecule has 0 aliphatic heterocycles. The Morgan fingerprint density at radius 3 is 2.62 bits per heavy atom. The molecular formula is C26H30N4O2. The Labute approximate surface area is 189 Å². The maximum atomic E-state index is 13.0. The number of carbonyl (C=O) groups is 1. The lowest BCUT2D eigenvalue weighted by Gasteiger charge is -2.37. The van der Waals surface area contributed by atoms with E-state index in [9.17, 15) is 4.79 Å². The van der Waals surface area contributed by atoms with Gasteiger partial charge in [-0.15, -0.1) is 0 Å². The summed E-state index contributed by atoms with van der Waals surface area (Å²) in [5.41, 5.74) is 5.24. The van der Waals surface area contributed by atoms with Gasteiger partial charge in [0, 0.05) is 29.7 Å². The van der Waals surface area contributed by atoms with Crippen LogP contribution < -0.4 is 10.1 Å². The van der Waals surface area contributed by atoms with E-state index in [2.05, 4.69) is 36.1 Å². The summed E-state index contributed by atoms with van der Waals surface area (Å²) >= 11 is 0. The monoisotopic (exact) mass is 430 g/mol. The minimum atomic E-state index is -0.609. The van der Waals surface area contributed by atoms with Crippen LogP contribution in [-0.4, -0.2) is 27.0 Å². The smallest absolute Gasteiger partial charge is 0.261 e. The van der Waals surface area contributed by atoms with E-state index in [0.29, 0.717) is 11.6 Å². The van der Waals surface area contributed by atoms with Crippen LogP contribution in [0, 0.1) is 19.3 Å². The standard InChI is InChI=1S/C26H30N4O2/c1-16-6-7-20(12-17(16)2)32-18(3)25(31)30-23-14-26(4,5)13-22-21(23)15-28-24(29-22)19-8-10-27-11-9-19/h6-12,15,18,23H,13-14H2,1-5H3,(H,30,31)/t18-,23-/m0/s1. The first kappa shape index (κ1) is 21.9. The predicted octanol–water partition coefficient (Wildman–Crippen LogP) is 4.75. The average Bonchev–Trinajstić information content (AvgIpc) is 2.75. The molecule has 166 valence electrons. The summed E-state index contributed by atoms with van der Waals surface area (Å²) in [6.45, 7) is 10.3. The minimum Gasteiger partial charge on any atom is -0.481 e. The topological polar surface area (TPSA) is 77.0 Å². The molecule has 0 unspecified atom stereocenters. The van der Waals surface area contributed by atoms with Crippen molar-refractivity contribution in [2.45, 2.75) is 59.6 Å². The highest BCUT2D eigenvalue weighted by atomic mass is 16.5. The van der Waals surface area contributed by atoms with Crippen LogP contribution in [0.2, 0.25) is 0 Å². The molecule has 0 fully saturated rings. The number of hydrogen-bond donors (Lipinski definition) is 1. The van der Waals surface area contributed by atoms with Crippen LogP contribution in [0.25, 0.3) is 11.4 Å². The molecule has 1 aliphatic carbocycles. The molecular weight excluding hydrogens is 400 g/mol. The molecule has 2 aromatic heterocycles. The van der Waals surface area contributed by atoms with E-state index in [4.69, 9.17) is 9.72 Å². The third-order valence-electron chi connectivity index (χ3n) is 6.09. The van der Waals surface area contributed by atoms with Crippen LogP contribution in [-0.2, 0) is 11.2 Å². The van der Waals surface area contributed by atoms with Gasteiger partial charge in [-0.3, -0.25) is 9.78 Å². The fourth-order valence-electron chi connectivity index (χ4n) is 4.15. The molecule has 4 rings (SSSR count). The molecule has 0 spiro atoms. The lowest BCUT2D eigenvalue weighted by atomic mass is 9.74. The summed E-state index contributed by atoms with van der Waals surface area (Å²) in [6, 6.07) is 9.53. The first-order chi connectivity index (χ1) is 15.2. The third-order valence-corrected chi connectivity index (χ3v) is 6.09. The molecule has 1 N–H and O–H groups in total. The minimum absolute atomic E-state index is 0.00692. The summed E-state index contributed by atoms with van der Waals surface area (Å²) in [4.78, 5) is 26.5. The first-order valence-corrected chi connectivity index (χ1v) is 11.0. The Hall–Kier alpha value is -3.28. The molecule has 3 aromatic rings. The molecule has 0 radical (unpaired) electrons. The highest BCUT2D eigenvalue weighted by Crippen LogP contribution is 2.40. The summed E-state index contributed by atoms with van der Waals surface area (Å²) < 4.78 is 5.92. The molecule has 1 aromatic carbocycles. The van der Waals surface area contributed by atoms with Gasteiger partial charge in [0.05, 0.1) is 11.7 Å². The molecule has 0 saturated carbocycles. The molecule has 0 bridgehead atoms. The second-order valence-corrected chi connectivity index (χ2v) is 9.44. The highest BCUT2D eigenvalue weighted by molar-refractivity contribution is 5.81. The van der Waals surface area contributed by atoms with Gasteiger partial charge in [-0.05, 0) is 74.4 Å². The first-order valence-electron chi connectivity index (χ1n) is 11.0. The number of fused-ring (bicyclic) bond motifs is 1. The van der Waals surface area contributed by atoms with Crippen LogP contribution in [0.5, 0.6) is 5.75 Å². The number of rotatable bonds is 5. The normalized spacial score (nSPS) is 17.8. The fraction of sp³-hybridized carbons (Fsp3) is 0.385. The van der Waals surface area contributed by atoms with E-state index in [1.165, 1.54) is 5.56 Å². The molecule has 2 heterocycles. The van der Waals surface area contributed by atoms with Crippen molar-refractivity contribution in [3.63, 3.8) is 0 Å². The van der Waals surface area contributed by atoms with Gasteiger partial charge >= 0.3 is 0 Å². The number of nitrogens with one attached hydrogen (secondary N) is 1. The Morgan fingerprint density at radius 2 is 1.91 bits per heavy atom. The largest absolute Gasteiger partial charge is 0.481 e. The highest BCUT2D eigenvalue weighted by Gasteiger charge is 2.35. The summed E-state index contributed by atoms with van der Waals surface area (Å²) in [5.74, 6) is 1.24. The van der Waals surface area contributed by atoms with Gasteiger partial charge in [0.1, 0.15) is 5.75 Å². The number of nitrogens with zero attached hydrogens (tertiary/aromatic N) is 3. The van der Waals surface area contributed by atoms with Crippen LogP contribution in [0.4, 0.5) is 0 Å². The van der Waals surface area contributed by atoms with Crippen LogP contribution in [0.1, 0.15) is 55.6 Å². The number of amides is 1. The summed E-state index contributed by atoms with van der Waals surface area (Å²) in [6.07, 6.45) is 6.38. The summed E-state index contributed by atoms with van der Waals surface area (Å²) in [5, 5.41) is 3.18.